The number of pyridine rings is 2. The summed E-state index contributed by atoms with van der Waals surface area (Å²) in [6.07, 6.45) is 1.80. The molecular weight excluding hydrogens is 524 g/mol. The zero-order valence-corrected chi connectivity index (χ0v) is 24.0. The maximum atomic E-state index is 12.4. The second kappa shape index (κ2) is 9.78. The van der Waals surface area contributed by atoms with Crippen LogP contribution in [0.4, 0.5) is 0 Å². The van der Waals surface area contributed by atoms with Gasteiger partial charge in [-0.25, -0.2) is 4.98 Å². The van der Waals surface area contributed by atoms with Gasteiger partial charge in [0.25, 0.3) is 0 Å². The zero-order chi connectivity index (χ0) is 29.1. The van der Waals surface area contributed by atoms with E-state index in [-0.39, 0.29) is 5.75 Å². The van der Waals surface area contributed by atoms with Gasteiger partial charge in [0.2, 0.25) is 0 Å². The third kappa shape index (κ3) is 4.12. The minimum absolute atomic E-state index is 0.223. The molecule has 0 unspecified atom stereocenters. The summed E-state index contributed by atoms with van der Waals surface area (Å²) in [5.74, 6) is 0.223. The summed E-state index contributed by atoms with van der Waals surface area (Å²) in [6.45, 7) is 4.27. The second-order valence-electron chi connectivity index (χ2n) is 11.4. The van der Waals surface area contributed by atoms with Crippen LogP contribution in [0.3, 0.4) is 0 Å². The van der Waals surface area contributed by atoms with Gasteiger partial charge in [-0.3, -0.25) is 4.98 Å². The molecule has 3 heteroatoms. The summed E-state index contributed by atoms with van der Waals surface area (Å²) in [4.78, 5) is 9.77. The standard InChI is InChI=1S/C40H28N2O/c1-24-20-25(2)22-30(21-24)33-17-15-26-8-3-5-11-31(26)36(33)37-32-12-6-4-9-29(32)23-34(40(37)43)35-18-16-28-14-13-27-10-7-19-41-38(27)39(28)42-35/h3-23,43H,1-2H3. The maximum absolute atomic E-state index is 12.4. The molecule has 8 aromatic rings. The number of aryl methyl sites for hydroxylation is 2. The highest BCUT2D eigenvalue weighted by atomic mass is 16.3. The highest BCUT2D eigenvalue weighted by Gasteiger charge is 2.22. The molecule has 0 bridgehead atoms. The van der Waals surface area contributed by atoms with Crippen molar-refractivity contribution >= 4 is 43.4 Å². The molecule has 1 N–H and O–H groups in total. The van der Waals surface area contributed by atoms with E-state index in [9.17, 15) is 5.11 Å². The van der Waals surface area contributed by atoms with Crippen molar-refractivity contribution in [3.8, 4) is 39.3 Å². The van der Waals surface area contributed by atoms with E-state index >= 15 is 0 Å². The molecule has 6 aromatic carbocycles. The molecule has 0 aliphatic rings. The van der Waals surface area contributed by atoms with Gasteiger partial charge in [0.15, 0.2) is 0 Å². The highest BCUT2D eigenvalue weighted by Crippen LogP contribution is 2.49. The first-order valence-electron chi connectivity index (χ1n) is 14.6. The molecule has 43 heavy (non-hydrogen) atoms. The predicted octanol–water partition coefficient (Wildman–Crippen LogP) is 10.4. The fraction of sp³-hybridized carbons (Fsp3) is 0.0500. The van der Waals surface area contributed by atoms with Crippen molar-refractivity contribution in [1.82, 2.24) is 9.97 Å². The van der Waals surface area contributed by atoms with Gasteiger partial charge < -0.3 is 5.11 Å². The molecule has 8 rings (SSSR count). The van der Waals surface area contributed by atoms with E-state index in [2.05, 4.69) is 116 Å². The number of aromatic nitrogens is 2. The first kappa shape index (κ1) is 25.2. The highest BCUT2D eigenvalue weighted by molar-refractivity contribution is 6.14. The second-order valence-corrected chi connectivity index (χ2v) is 11.4. The summed E-state index contributed by atoms with van der Waals surface area (Å²) >= 11 is 0. The molecule has 0 amide bonds. The van der Waals surface area contributed by atoms with Crippen molar-refractivity contribution < 1.29 is 5.11 Å². The fourth-order valence-corrected chi connectivity index (χ4v) is 6.57. The number of hydrogen-bond acceptors (Lipinski definition) is 3. The van der Waals surface area contributed by atoms with E-state index in [1.54, 1.807) is 6.20 Å². The van der Waals surface area contributed by atoms with Crippen molar-refractivity contribution in [1.29, 1.82) is 0 Å². The monoisotopic (exact) mass is 552 g/mol. The third-order valence-corrected chi connectivity index (χ3v) is 8.44. The molecule has 0 aliphatic carbocycles. The van der Waals surface area contributed by atoms with Crippen molar-refractivity contribution in [3.63, 3.8) is 0 Å². The van der Waals surface area contributed by atoms with Gasteiger partial charge in [-0.2, -0.15) is 0 Å². The van der Waals surface area contributed by atoms with Gasteiger partial charge in [-0.15, -0.1) is 0 Å². The molecule has 0 atom stereocenters. The van der Waals surface area contributed by atoms with E-state index in [4.69, 9.17) is 4.98 Å². The van der Waals surface area contributed by atoms with Crippen LogP contribution in [0.2, 0.25) is 0 Å². The molecule has 0 saturated heterocycles. The largest absolute Gasteiger partial charge is 0.507 e. The Morgan fingerprint density at radius 1 is 0.512 bits per heavy atom. The van der Waals surface area contributed by atoms with Crippen LogP contribution in [0.25, 0.3) is 76.9 Å². The Morgan fingerprint density at radius 3 is 1.93 bits per heavy atom. The lowest BCUT2D eigenvalue weighted by atomic mass is 9.85. The molecule has 0 aliphatic heterocycles. The van der Waals surface area contributed by atoms with Crippen LogP contribution in [-0.2, 0) is 0 Å². The number of benzene rings is 6. The van der Waals surface area contributed by atoms with Crippen LogP contribution in [0.15, 0.2) is 128 Å². The first-order chi connectivity index (χ1) is 21.0. The molecule has 0 radical (unpaired) electrons. The first-order valence-corrected chi connectivity index (χ1v) is 14.6. The molecule has 0 fully saturated rings. The number of phenols is 1. The third-order valence-electron chi connectivity index (χ3n) is 8.44. The Kier molecular flexibility index (Phi) is 5.73. The smallest absolute Gasteiger partial charge is 0.133 e. The lowest BCUT2D eigenvalue weighted by Crippen LogP contribution is -1.94. The van der Waals surface area contributed by atoms with E-state index in [0.29, 0.717) is 11.3 Å². The Labute approximate surface area is 249 Å². The Balaban J connectivity index is 1.49. The number of hydrogen-bond donors (Lipinski definition) is 1. The van der Waals surface area contributed by atoms with E-state index in [1.807, 2.05) is 24.3 Å². The SMILES string of the molecule is Cc1cc(C)cc(-c2ccc3ccccc3c2-c2c(O)c(-c3ccc4ccc5cccnc5c4n3)cc3ccccc23)c1. The molecule has 2 heterocycles. The molecule has 0 saturated carbocycles. The molecule has 204 valence electrons. The van der Waals surface area contributed by atoms with Crippen molar-refractivity contribution in [2.45, 2.75) is 13.8 Å². The average molecular weight is 553 g/mol. The number of phenolic OH excluding ortho intramolecular Hbond substituents is 1. The van der Waals surface area contributed by atoms with Crippen LogP contribution in [0.5, 0.6) is 5.75 Å². The van der Waals surface area contributed by atoms with Gasteiger partial charge in [0, 0.05) is 33.7 Å². The average Bonchev–Trinajstić information content (AvgIpc) is 3.03. The number of nitrogens with zero attached hydrogens (tertiary/aromatic N) is 2. The van der Waals surface area contributed by atoms with E-state index < -0.39 is 0 Å². The number of fused-ring (bicyclic) bond motifs is 5. The van der Waals surface area contributed by atoms with Gasteiger partial charge in [0.1, 0.15) is 5.75 Å². The maximum Gasteiger partial charge on any atom is 0.133 e. The van der Waals surface area contributed by atoms with E-state index in [1.165, 1.54) is 11.1 Å². The van der Waals surface area contributed by atoms with Crippen molar-refractivity contribution in [2.24, 2.45) is 0 Å². The Bertz CT molecular complexity index is 2370. The fourth-order valence-electron chi connectivity index (χ4n) is 6.57. The van der Waals surface area contributed by atoms with Crippen LogP contribution in [0, 0.1) is 13.8 Å². The van der Waals surface area contributed by atoms with Crippen LogP contribution >= 0.6 is 0 Å². The molecule has 2 aromatic heterocycles. The normalized spacial score (nSPS) is 11.6. The lowest BCUT2D eigenvalue weighted by Gasteiger charge is -2.20. The summed E-state index contributed by atoms with van der Waals surface area (Å²) in [6, 6.07) is 42.0. The van der Waals surface area contributed by atoms with Crippen LogP contribution in [-0.4, -0.2) is 15.1 Å². The molecule has 0 spiro atoms. The molecular formula is C40H28N2O. The Hall–Kier alpha value is -5.54. The minimum atomic E-state index is 0.223. The van der Waals surface area contributed by atoms with E-state index in [0.717, 1.165) is 65.6 Å². The summed E-state index contributed by atoms with van der Waals surface area (Å²) in [5, 5.41) is 18.7. The number of rotatable bonds is 3. The van der Waals surface area contributed by atoms with Gasteiger partial charge in [-0.05, 0) is 64.7 Å². The van der Waals surface area contributed by atoms with Crippen molar-refractivity contribution in [2.75, 3.05) is 0 Å². The topological polar surface area (TPSA) is 46.0 Å². The van der Waals surface area contributed by atoms with Gasteiger partial charge >= 0.3 is 0 Å². The predicted molar refractivity (Wildman–Crippen MR) is 180 cm³/mol. The summed E-state index contributed by atoms with van der Waals surface area (Å²) in [7, 11) is 0. The van der Waals surface area contributed by atoms with Crippen LogP contribution in [0.1, 0.15) is 11.1 Å². The van der Waals surface area contributed by atoms with Crippen LogP contribution < -0.4 is 0 Å². The zero-order valence-electron chi connectivity index (χ0n) is 24.0. The lowest BCUT2D eigenvalue weighted by molar-refractivity contribution is 0.480. The van der Waals surface area contributed by atoms with Gasteiger partial charge in [-0.1, -0.05) is 114 Å². The van der Waals surface area contributed by atoms with Gasteiger partial charge in [0.05, 0.1) is 16.7 Å². The number of aromatic hydroxyl groups is 1. The molecule has 3 nitrogen and oxygen atoms in total. The minimum Gasteiger partial charge on any atom is -0.507 e. The quantitative estimate of drug-likeness (QED) is 0.222. The summed E-state index contributed by atoms with van der Waals surface area (Å²) in [5.41, 5.74) is 9.56. The Morgan fingerprint density at radius 2 is 1.14 bits per heavy atom. The summed E-state index contributed by atoms with van der Waals surface area (Å²) < 4.78 is 0. The van der Waals surface area contributed by atoms with Crippen molar-refractivity contribution in [3.05, 3.63) is 139 Å².